The summed E-state index contributed by atoms with van der Waals surface area (Å²) in [5, 5.41) is 0. The maximum Gasteiger partial charge on any atom is 0.260 e. The number of hydrogen-bond acceptors (Lipinski definition) is 3. The molecule has 0 unspecified atom stereocenters. The van der Waals surface area contributed by atoms with Gasteiger partial charge in [-0.3, -0.25) is 14.5 Å². The molecule has 2 rings (SSSR count). The largest absolute Gasteiger partial charge is 0.385 e. The molecular formula is C13H15NO3. The number of methoxy groups -OCH3 is 1. The lowest BCUT2D eigenvalue weighted by molar-refractivity contribution is -0.128. The minimum atomic E-state index is -0.187. The molecule has 1 aromatic rings. The molecule has 0 atom stereocenters. The molecule has 0 N–H and O–H groups in total. The van der Waals surface area contributed by atoms with E-state index in [4.69, 9.17) is 4.74 Å². The van der Waals surface area contributed by atoms with Crippen molar-refractivity contribution >= 4 is 11.8 Å². The average molecular weight is 233 g/mol. The normalized spacial score (nSPS) is 15.0. The van der Waals surface area contributed by atoms with Gasteiger partial charge in [0.15, 0.2) is 0 Å². The highest BCUT2D eigenvalue weighted by Crippen LogP contribution is 2.19. The molecule has 1 heterocycles. The maximum atomic E-state index is 12.1. The van der Waals surface area contributed by atoms with Crippen molar-refractivity contribution in [2.75, 3.05) is 20.3 Å². The van der Waals surface area contributed by atoms with Gasteiger partial charge in [-0.25, -0.2) is 0 Å². The Hall–Kier alpha value is -1.68. The van der Waals surface area contributed by atoms with E-state index in [9.17, 15) is 9.59 Å². The molecule has 0 fully saturated rings. The summed E-state index contributed by atoms with van der Waals surface area (Å²) < 4.78 is 4.92. The maximum absolute atomic E-state index is 12.1. The van der Waals surface area contributed by atoms with Gasteiger partial charge < -0.3 is 4.74 Å². The van der Waals surface area contributed by atoms with E-state index in [1.54, 1.807) is 13.2 Å². The van der Waals surface area contributed by atoms with Crippen LogP contribution in [0.4, 0.5) is 0 Å². The minimum Gasteiger partial charge on any atom is -0.385 e. The van der Waals surface area contributed by atoms with Gasteiger partial charge >= 0.3 is 0 Å². The standard InChI is InChI=1S/C13H15NO3/c1-17-8-4-7-14-12(15)9-10-5-2-3-6-11(10)13(14)16/h2-3,5-6H,4,7-9H2,1H3. The fourth-order valence-corrected chi connectivity index (χ4v) is 1.99. The highest BCUT2D eigenvalue weighted by atomic mass is 16.5. The summed E-state index contributed by atoms with van der Waals surface area (Å²) in [6.07, 6.45) is 0.991. The molecular weight excluding hydrogens is 218 g/mol. The third kappa shape index (κ3) is 2.36. The van der Waals surface area contributed by atoms with E-state index in [1.165, 1.54) is 4.90 Å². The van der Waals surface area contributed by atoms with Crippen LogP contribution in [0.2, 0.25) is 0 Å². The number of imide groups is 1. The molecule has 0 aliphatic carbocycles. The van der Waals surface area contributed by atoms with Crippen LogP contribution < -0.4 is 0 Å². The number of amides is 2. The van der Waals surface area contributed by atoms with Gasteiger partial charge in [0, 0.05) is 25.8 Å². The van der Waals surface area contributed by atoms with Gasteiger partial charge in [0.05, 0.1) is 6.42 Å². The average Bonchev–Trinajstić information content (AvgIpc) is 2.33. The van der Waals surface area contributed by atoms with Gasteiger partial charge in [-0.15, -0.1) is 0 Å². The van der Waals surface area contributed by atoms with E-state index < -0.39 is 0 Å². The Balaban J connectivity index is 2.16. The number of fused-ring (bicyclic) bond motifs is 1. The Kier molecular flexibility index (Phi) is 3.54. The van der Waals surface area contributed by atoms with Crippen molar-refractivity contribution in [3.05, 3.63) is 35.4 Å². The van der Waals surface area contributed by atoms with E-state index >= 15 is 0 Å². The third-order valence-corrected chi connectivity index (χ3v) is 2.87. The lowest BCUT2D eigenvalue weighted by Gasteiger charge is -2.26. The molecule has 1 aliphatic heterocycles. The second-order valence-corrected chi connectivity index (χ2v) is 4.03. The van der Waals surface area contributed by atoms with Crippen LogP contribution in [0.5, 0.6) is 0 Å². The van der Waals surface area contributed by atoms with E-state index in [0.717, 1.165) is 5.56 Å². The molecule has 0 saturated heterocycles. The molecule has 0 bridgehead atoms. The topological polar surface area (TPSA) is 46.6 Å². The summed E-state index contributed by atoms with van der Waals surface area (Å²) in [5.41, 5.74) is 1.47. The quantitative estimate of drug-likeness (QED) is 0.581. The summed E-state index contributed by atoms with van der Waals surface area (Å²) >= 11 is 0. The number of hydrogen-bond donors (Lipinski definition) is 0. The molecule has 2 amide bonds. The summed E-state index contributed by atoms with van der Waals surface area (Å²) in [7, 11) is 1.61. The molecule has 90 valence electrons. The zero-order valence-corrected chi connectivity index (χ0v) is 9.81. The molecule has 17 heavy (non-hydrogen) atoms. The van der Waals surface area contributed by atoms with Crippen LogP contribution in [-0.4, -0.2) is 37.0 Å². The Bertz CT molecular complexity index is 442. The van der Waals surface area contributed by atoms with Crippen molar-refractivity contribution < 1.29 is 14.3 Å². The molecule has 1 aromatic carbocycles. The number of carbonyl (C=O) groups is 2. The Labute approximate surface area is 100 Å². The second-order valence-electron chi connectivity index (χ2n) is 4.03. The van der Waals surface area contributed by atoms with E-state index in [-0.39, 0.29) is 11.8 Å². The zero-order chi connectivity index (χ0) is 12.3. The first-order valence-electron chi connectivity index (χ1n) is 5.65. The second kappa shape index (κ2) is 5.10. The molecule has 4 heteroatoms. The first-order chi connectivity index (χ1) is 8.24. The predicted octanol–water partition coefficient (Wildman–Crippen LogP) is 1.25. The van der Waals surface area contributed by atoms with E-state index in [2.05, 4.69) is 0 Å². The van der Waals surface area contributed by atoms with Crippen molar-refractivity contribution in [3.8, 4) is 0 Å². The van der Waals surface area contributed by atoms with Gasteiger partial charge in [0.1, 0.15) is 0 Å². The van der Waals surface area contributed by atoms with Crippen molar-refractivity contribution in [2.45, 2.75) is 12.8 Å². The highest BCUT2D eigenvalue weighted by Gasteiger charge is 2.29. The Morgan fingerprint density at radius 3 is 2.82 bits per heavy atom. The Morgan fingerprint density at radius 1 is 1.29 bits per heavy atom. The summed E-state index contributed by atoms with van der Waals surface area (Å²) in [4.78, 5) is 25.2. The van der Waals surface area contributed by atoms with Gasteiger partial charge in [-0.2, -0.15) is 0 Å². The third-order valence-electron chi connectivity index (χ3n) is 2.87. The number of ether oxygens (including phenoxy) is 1. The number of benzene rings is 1. The highest BCUT2D eigenvalue weighted by molar-refractivity contribution is 6.09. The molecule has 4 nitrogen and oxygen atoms in total. The van der Waals surface area contributed by atoms with Crippen molar-refractivity contribution in [3.63, 3.8) is 0 Å². The number of nitrogens with zero attached hydrogens (tertiary/aromatic N) is 1. The lowest BCUT2D eigenvalue weighted by Crippen LogP contribution is -2.43. The van der Waals surface area contributed by atoms with Gasteiger partial charge in [0.2, 0.25) is 5.91 Å². The number of carbonyl (C=O) groups excluding carboxylic acids is 2. The monoisotopic (exact) mass is 233 g/mol. The zero-order valence-electron chi connectivity index (χ0n) is 9.81. The summed E-state index contributed by atoms with van der Waals surface area (Å²) in [6, 6.07) is 7.27. The van der Waals surface area contributed by atoms with Crippen LogP contribution in [0, 0.1) is 0 Å². The lowest BCUT2D eigenvalue weighted by atomic mass is 9.98. The van der Waals surface area contributed by atoms with Crippen molar-refractivity contribution in [2.24, 2.45) is 0 Å². The van der Waals surface area contributed by atoms with E-state index in [1.807, 2.05) is 18.2 Å². The van der Waals surface area contributed by atoms with Gasteiger partial charge in [-0.05, 0) is 18.1 Å². The smallest absolute Gasteiger partial charge is 0.260 e. The SMILES string of the molecule is COCCCN1C(=O)Cc2ccccc2C1=O. The summed E-state index contributed by atoms with van der Waals surface area (Å²) in [6.45, 7) is 0.985. The predicted molar refractivity (Wildman–Crippen MR) is 62.7 cm³/mol. The van der Waals surface area contributed by atoms with Gasteiger partial charge in [0.25, 0.3) is 5.91 Å². The first kappa shape index (κ1) is 11.8. The first-order valence-corrected chi connectivity index (χ1v) is 5.65. The molecule has 0 aromatic heterocycles. The fraction of sp³-hybridized carbons (Fsp3) is 0.385. The number of rotatable bonds is 4. The van der Waals surface area contributed by atoms with Crippen LogP contribution in [0.1, 0.15) is 22.3 Å². The fourth-order valence-electron chi connectivity index (χ4n) is 1.99. The molecule has 0 radical (unpaired) electrons. The van der Waals surface area contributed by atoms with Gasteiger partial charge in [-0.1, -0.05) is 18.2 Å². The Morgan fingerprint density at radius 2 is 2.06 bits per heavy atom. The molecule has 0 spiro atoms. The minimum absolute atomic E-state index is 0.121. The van der Waals surface area contributed by atoms with Crippen molar-refractivity contribution in [1.82, 2.24) is 4.90 Å². The van der Waals surface area contributed by atoms with Crippen LogP contribution in [0.25, 0.3) is 0 Å². The summed E-state index contributed by atoms with van der Waals surface area (Å²) in [5.74, 6) is -0.308. The molecule has 1 aliphatic rings. The van der Waals surface area contributed by atoms with Crippen LogP contribution in [-0.2, 0) is 16.0 Å². The van der Waals surface area contributed by atoms with Crippen LogP contribution >= 0.6 is 0 Å². The van der Waals surface area contributed by atoms with Crippen LogP contribution in [0.3, 0.4) is 0 Å². The van der Waals surface area contributed by atoms with Crippen molar-refractivity contribution in [1.29, 1.82) is 0 Å². The van der Waals surface area contributed by atoms with Crippen LogP contribution in [0.15, 0.2) is 24.3 Å². The molecule has 0 saturated carbocycles. The van der Waals surface area contributed by atoms with E-state index in [0.29, 0.717) is 31.6 Å².